The average Bonchev–Trinajstić information content (AvgIpc) is 1.83. The largest absolute Gasteiger partial charge is 0.512 e. The van der Waals surface area contributed by atoms with Gasteiger partial charge in [-0.25, -0.2) is 0 Å². The molecule has 0 saturated heterocycles. The lowest BCUT2D eigenvalue weighted by molar-refractivity contribution is 0.282. The van der Waals surface area contributed by atoms with E-state index in [2.05, 4.69) is 0 Å². The van der Waals surface area contributed by atoms with Gasteiger partial charge in [-0.3, -0.25) is 0 Å². The Morgan fingerprint density at radius 3 is 2.70 bits per heavy atom. The summed E-state index contributed by atoms with van der Waals surface area (Å²) in [6.07, 6.45) is 5.37. The number of hydrogen-bond acceptors (Lipinski definition) is 2. The molecule has 0 radical (unpaired) electrons. The monoisotopic (exact) mass is 139 g/mol. The van der Waals surface area contributed by atoms with Crippen LogP contribution < -0.4 is 5.73 Å². The van der Waals surface area contributed by atoms with Crippen molar-refractivity contribution >= 4 is 0 Å². The minimum absolute atomic E-state index is 0.0255. The molecule has 2 unspecified atom stereocenters. The molecule has 1 aliphatic carbocycles. The minimum atomic E-state index is -0.390. The normalized spacial score (nSPS) is 39.5. The molecule has 10 heavy (non-hydrogen) atoms. The number of aliphatic hydroxyl groups is 1. The van der Waals surface area contributed by atoms with Gasteiger partial charge in [0.1, 0.15) is 0 Å². The number of allylic oxidation sites excluding steroid dienone is 2. The Morgan fingerprint density at radius 1 is 1.70 bits per heavy atom. The molecular formula is C8H13NO. The van der Waals surface area contributed by atoms with Crippen molar-refractivity contribution < 1.29 is 5.11 Å². The topological polar surface area (TPSA) is 46.2 Å². The first-order valence-electron chi connectivity index (χ1n) is 3.41. The highest BCUT2D eigenvalue weighted by atomic mass is 16.3. The van der Waals surface area contributed by atoms with E-state index in [0.29, 0.717) is 5.76 Å². The van der Waals surface area contributed by atoms with Crippen molar-refractivity contribution in [2.75, 3.05) is 0 Å². The molecule has 0 aromatic rings. The Hall–Kier alpha value is -0.760. The van der Waals surface area contributed by atoms with Crippen molar-refractivity contribution in [2.45, 2.75) is 19.4 Å². The molecule has 0 aromatic heterocycles. The Morgan fingerprint density at radius 2 is 2.30 bits per heavy atom. The molecule has 0 amide bonds. The van der Waals surface area contributed by atoms with Crippen LogP contribution in [-0.2, 0) is 0 Å². The van der Waals surface area contributed by atoms with Crippen molar-refractivity contribution in [3.8, 4) is 0 Å². The van der Waals surface area contributed by atoms with Crippen LogP contribution in [0.4, 0.5) is 0 Å². The first kappa shape index (κ1) is 7.35. The summed E-state index contributed by atoms with van der Waals surface area (Å²) < 4.78 is 0. The zero-order valence-electron chi connectivity index (χ0n) is 6.33. The van der Waals surface area contributed by atoms with E-state index in [1.165, 1.54) is 0 Å². The highest BCUT2D eigenvalue weighted by Crippen LogP contribution is 2.25. The van der Waals surface area contributed by atoms with Gasteiger partial charge in [-0.1, -0.05) is 19.1 Å². The van der Waals surface area contributed by atoms with Gasteiger partial charge in [-0.15, -0.1) is 0 Å². The van der Waals surface area contributed by atoms with Crippen molar-refractivity contribution in [2.24, 2.45) is 11.7 Å². The highest BCUT2D eigenvalue weighted by Gasteiger charge is 2.28. The Kier molecular flexibility index (Phi) is 1.57. The van der Waals surface area contributed by atoms with Crippen molar-refractivity contribution in [1.82, 2.24) is 0 Å². The molecule has 0 aliphatic heterocycles. The lowest BCUT2D eigenvalue weighted by Gasteiger charge is -2.29. The average molecular weight is 139 g/mol. The fraction of sp³-hybridized carbons (Fsp3) is 0.500. The van der Waals surface area contributed by atoms with Crippen LogP contribution in [0, 0.1) is 5.92 Å². The van der Waals surface area contributed by atoms with Gasteiger partial charge >= 0.3 is 0 Å². The van der Waals surface area contributed by atoms with Crippen LogP contribution in [0.3, 0.4) is 0 Å². The maximum atomic E-state index is 9.24. The molecule has 56 valence electrons. The molecule has 3 N–H and O–H groups in total. The fourth-order valence-electron chi connectivity index (χ4n) is 0.961. The summed E-state index contributed by atoms with van der Waals surface area (Å²) in [4.78, 5) is 0. The maximum absolute atomic E-state index is 9.24. The second-order valence-corrected chi connectivity index (χ2v) is 3.04. The van der Waals surface area contributed by atoms with Crippen LogP contribution in [0.2, 0.25) is 0 Å². The second kappa shape index (κ2) is 2.13. The SMILES string of the molecule is CC1C(O)=CC=CC1(C)N. The van der Waals surface area contributed by atoms with Crippen LogP contribution >= 0.6 is 0 Å². The number of nitrogens with two attached hydrogens (primary N) is 1. The van der Waals surface area contributed by atoms with Gasteiger partial charge in [0.05, 0.1) is 5.76 Å². The van der Waals surface area contributed by atoms with E-state index in [-0.39, 0.29) is 5.92 Å². The summed E-state index contributed by atoms with van der Waals surface area (Å²) in [6.45, 7) is 3.81. The molecule has 1 rings (SSSR count). The van der Waals surface area contributed by atoms with E-state index >= 15 is 0 Å². The van der Waals surface area contributed by atoms with E-state index in [1.54, 1.807) is 12.2 Å². The summed E-state index contributed by atoms with van der Waals surface area (Å²) >= 11 is 0. The van der Waals surface area contributed by atoms with E-state index < -0.39 is 5.54 Å². The van der Waals surface area contributed by atoms with Gasteiger partial charge in [-0.05, 0) is 13.0 Å². The van der Waals surface area contributed by atoms with E-state index in [9.17, 15) is 5.11 Å². The van der Waals surface area contributed by atoms with Crippen molar-refractivity contribution in [3.63, 3.8) is 0 Å². The van der Waals surface area contributed by atoms with Gasteiger partial charge in [-0.2, -0.15) is 0 Å². The standard InChI is InChI=1S/C8H13NO/c1-6-7(10)4-3-5-8(6,2)9/h3-6,10H,9H2,1-2H3. The molecule has 0 bridgehead atoms. The molecule has 0 fully saturated rings. The van der Waals surface area contributed by atoms with Crippen LogP contribution in [0.5, 0.6) is 0 Å². The second-order valence-electron chi connectivity index (χ2n) is 3.04. The molecule has 2 nitrogen and oxygen atoms in total. The van der Waals surface area contributed by atoms with Crippen molar-refractivity contribution in [3.05, 3.63) is 24.0 Å². The van der Waals surface area contributed by atoms with Gasteiger partial charge in [0.15, 0.2) is 0 Å². The molecular weight excluding hydrogens is 126 g/mol. The predicted octanol–water partition coefficient (Wildman–Crippen LogP) is 1.35. The maximum Gasteiger partial charge on any atom is 0.0972 e. The van der Waals surface area contributed by atoms with E-state index in [1.807, 2.05) is 19.9 Å². The summed E-state index contributed by atoms with van der Waals surface area (Å²) in [5, 5.41) is 9.24. The van der Waals surface area contributed by atoms with Gasteiger partial charge in [0.2, 0.25) is 0 Å². The molecule has 2 atom stereocenters. The molecule has 0 spiro atoms. The third kappa shape index (κ3) is 1.07. The van der Waals surface area contributed by atoms with Crippen LogP contribution in [0.1, 0.15) is 13.8 Å². The van der Waals surface area contributed by atoms with Crippen molar-refractivity contribution in [1.29, 1.82) is 0 Å². The molecule has 0 aromatic carbocycles. The van der Waals surface area contributed by atoms with Crippen LogP contribution in [0.15, 0.2) is 24.0 Å². The summed E-state index contributed by atoms with van der Waals surface area (Å²) in [6, 6.07) is 0. The summed E-state index contributed by atoms with van der Waals surface area (Å²) in [5.74, 6) is 0.394. The lowest BCUT2D eigenvalue weighted by Crippen LogP contribution is -2.42. The van der Waals surface area contributed by atoms with Gasteiger partial charge < -0.3 is 10.8 Å². The molecule has 2 heteroatoms. The predicted molar refractivity (Wildman–Crippen MR) is 41.6 cm³/mol. The molecule has 1 aliphatic rings. The van der Waals surface area contributed by atoms with Crippen LogP contribution in [0.25, 0.3) is 0 Å². The first-order chi connectivity index (χ1) is 4.54. The fourth-order valence-corrected chi connectivity index (χ4v) is 0.961. The highest BCUT2D eigenvalue weighted by molar-refractivity contribution is 5.24. The third-order valence-corrected chi connectivity index (χ3v) is 2.10. The van der Waals surface area contributed by atoms with E-state index in [4.69, 9.17) is 5.73 Å². The van der Waals surface area contributed by atoms with Gasteiger partial charge in [0.25, 0.3) is 0 Å². The number of aliphatic hydroxyl groups excluding tert-OH is 1. The quantitative estimate of drug-likeness (QED) is 0.532. The molecule has 0 saturated carbocycles. The Bertz CT molecular complexity index is 191. The lowest BCUT2D eigenvalue weighted by atomic mass is 9.83. The van der Waals surface area contributed by atoms with E-state index in [0.717, 1.165) is 0 Å². The Labute approximate surface area is 61.0 Å². The zero-order chi connectivity index (χ0) is 7.78. The number of hydrogen-bond donors (Lipinski definition) is 2. The third-order valence-electron chi connectivity index (χ3n) is 2.10. The molecule has 0 heterocycles. The smallest absolute Gasteiger partial charge is 0.0972 e. The summed E-state index contributed by atoms with van der Waals surface area (Å²) in [5.41, 5.74) is 5.43. The minimum Gasteiger partial charge on any atom is -0.512 e. The zero-order valence-corrected chi connectivity index (χ0v) is 6.33. The first-order valence-corrected chi connectivity index (χ1v) is 3.41. The summed E-state index contributed by atoms with van der Waals surface area (Å²) in [7, 11) is 0. The van der Waals surface area contributed by atoms with Gasteiger partial charge in [0, 0.05) is 11.5 Å². The number of rotatable bonds is 0. The Balaban J connectivity index is 2.89. The van der Waals surface area contributed by atoms with Crippen LogP contribution in [-0.4, -0.2) is 10.6 Å².